The van der Waals surface area contributed by atoms with Crippen molar-refractivity contribution in [2.24, 2.45) is 0 Å². The number of halogens is 2. The summed E-state index contributed by atoms with van der Waals surface area (Å²) in [4.78, 5) is 0.0811. The van der Waals surface area contributed by atoms with E-state index in [1.54, 1.807) is 19.2 Å². The molecule has 0 atom stereocenters. The van der Waals surface area contributed by atoms with Crippen molar-refractivity contribution in [2.45, 2.75) is 24.2 Å². The van der Waals surface area contributed by atoms with E-state index < -0.39 is 10.0 Å². The van der Waals surface area contributed by atoms with Gasteiger partial charge in [-0.05, 0) is 47.3 Å². The van der Waals surface area contributed by atoms with Crippen molar-refractivity contribution < 1.29 is 13.2 Å². The van der Waals surface area contributed by atoms with Gasteiger partial charge in [0.25, 0.3) is 0 Å². The number of nitrogen functional groups attached to an aromatic ring is 1. The smallest absolute Gasteiger partial charge is 0.243 e. The molecule has 0 amide bonds. The van der Waals surface area contributed by atoms with Crippen LogP contribution < -0.4 is 10.5 Å². The number of hydrogen-bond donors (Lipinski definition) is 2. The zero-order chi connectivity index (χ0) is 15.2. The highest BCUT2D eigenvalue weighted by atomic mass is 79.9. The highest BCUT2D eigenvalue weighted by molar-refractivity contribution is 9.11. The molecule has 20 heavy (non-hydrogen) atoms. The lowest BCUT2D eigenvalue weighted by Gasteiger charge is -2.11. The Hall–Kier alpha value is -0.150. The van der Waals surface area contributed by atoms with E-state index in [1.165, 1.54) is 0 Å². The largest absolute Gasteiger partial charge is 0.398 e. The van der Waals surface area contributed by atoms with Gasteiger partial charge in [-0.3, -0.25) is 0 Å². The minimum Gasteiger partial charge on any atom is -0.398 e. The van der Waals surface area contributed by atoms with E-state index in [9.17, 15) is 8.42 Å². The molecule has 1 aromatic rings. The number of anilines is 1. The Morgan fingerprint density at radius 2 is 1.95 bits per heavy atom. The van der Waals surface area contributed by atoms with Crippen LogP contribution in [0.5, 0.6) is 0 Å². The van der Waals surface area contributed by atoms with Gasteiger partial charge in [0, 0.05) is 29.2 Å². The van der Waals surface area contributed by atoms with Gasteiger partial charge >= 0.3 is 0 Å². The van der Waals surface area contributed by atoms with Gasteiger partial charge in [-0.25, -0.2) is 13.1 Å². The summed E-state index contributed by atoms with van der Waals surface area (Å²) in [5.41, 5.74) is 5.99. The van der Waals surface area contributed by atoms with E-state index >= 15 is 0 Å². The second-order valence-corrected chi connectivity index (χ2v) is 7.73. The van der Waals surface area contributed by atoms with Gasteiger partial charge in [-0.1, -0.05) is 15.9 Å². The molecule has 0 spiro atoms. The number of nitrogens with one attached hydrogen (secondary N) is 1. The molecule has 0 aliphatic heterocycles. The van der Waals surface area contributed by atoms with Crippen LogP contribution in [0.2, 0.25) is 0 Å². The van der Waals surface area contributed by atoms with Crippen molar-refractivity contribution in [1.82, 2.24) is 4.72 Å². The first-order chi connectivity index (χ1) is 9.38. The first-order valence-electron chi connectivity index (χ1n) is 6.11. The third-order valence-corrected chi connectivity index (χ3v) is 5.55. The van der Waals surface area contributed by atoms with Crippen LogP contribution in [0.1, 0.15) is 19.3 Å². The Morgan fingerprint density at radius 3 is 2.55 bits per heavy atom. The molecule has 3 N–H and O–H groups in total. The number of nitrogens with two attached hydrogens (primary N) is 1. The molecule has 0 aliphatic carbocycles. The number of ether oxygens (including phenoxy) is 1. The van der Waals surface area contributed by atoms with Crippen LogP contribution >= 0.6 is 31.9 Å². The van der Waals surface area contributed by atoms with Crippen LogP contribution in [-0.2, 0) is 14.8 Å². The van der Waals surface area contributed by atoms with Gasteiger partial charge in [-0.15, -0.1) is 0 Å². The van der Waals surface area contributed by atoms with Crippen LogP contribution in [0.3, 0.4) is 0 Å². The average molecular weight is 430 g/mol. The molecule has 0 saturated heterocycles. The predicted molar refractivity (Wildman–Crippen MR) is 87.2 cm³/mol. The van der Waals surface area contributed by atoms with Crippen LogP contribution in [-0.4, -0.2) is 28.7 Å². The van der Waals surface area contributed by atoms with Gasteiger partial charge in [0.1, 0.15) is 4.90 Å². The number of unbranched alkanes of at least 4 members (excludes halogenated alkanes) is 2. The lowest BCUT2D eigenvalue weighted by atomic mass is 10.2. The standard InChI is InChI=1S/C12H18Br2N2O3S/c1-19-6-4-2-3-5-16-20(17,18)12-10(14)7-9(13)8-11(12)15/h7-8,16H,2-6,15H2,1H3. The monoisotopic (exact) mass is 428 g/mol. The molecule has 114 valence electrons. The minimum atomic E-state index is -3.61. The third kappa shape index (κ3) is 5.33. The molecule has 1 aromatic carbocycles. The maximum Gasteiger partial charge on any atom is 0.243 e. The van der Waals surface area contributed by atoms with Crippen molar-refractivity contribution in [3.8, 4) is 0 Å². The Kier molecular flexibility index (Phi) is 7.46. The SMILES string of the molecule is COCCCCCNS(=O)(=O)c1c(N)cc(Br)cc1Br. The van der Waals surface area contributed by atoms with Crippen LogP contribution in [0.15, 0.2) is 26.0 Å². The predicted octanol–water partition coefficient (Wildman–Crippen LogP) is 2.89. The maximum absolute atomic E-state index is 12.2. The molecule has 0 saturated carbocycles. The maximum atomic E-state index is 12.2. The Balaban J connectivity index is 2.66. The molecule has 0 heterocycles. The van der Waals surface area contributed by atoms with Crippen molar-refractivity contribution in [2.75, 3.05) is 26.0 Å². The highest BCUT2D eigenvalue weighted by Gasteiger charge is 2.20. The lowest BCUT2D eigenvalue weighted by Crippen LogP contribution is -2.26. The molecule has 0 fully saturated rings. The quantitative estimate of drug-likeness (QED) is 0.491. The van der Waals surface area contributed by atoms with E-state index in [0.717, 1.165) is 23.7 Å². The second-order valence-electron chi connectivity index (χ2n) is 4.26. The first kappa shape index (κ1) is 17.9. The average Bonchev–Trinajstić information content (AvgIpc) is 2.31. The topological polar surface area (TPSA) is 81.4 Å². The Morgan fingerprint density at radius 1 is 1.25 bits per heavy atom. The number of benzene rings is 1. The molecule has 5 nitrogen and oxygen atoms in total. The van der Waals surface area contributed by atoms with Gasteiger partial charge in [-0.2, -0.15) is 0 Å². The number of methoxy groups -OCH3 is 1. The fraction of sp³-hybridized carbons (Fsp3) is 0.500. The molecule has 0 unspecified atom stereocenters. The molecule has 0 bridgehead atoms. The van der Waals surface area contributed by atoms with Crippen molar-refractivity contribution in [3.63, 3.8) is 0 Å². The fourth-order valence-electron chi connectivity index (χ4n) is 1.69. The summed E-state index contributed by atoms with van der Waals surface area (Å²) in [6.45, 7) is 1.08. The molecule has 1 rings (SSSR count). The molecule has 0 radical (unpaired) electrons. The summed E-state index contributed by atoms with van der Waals surface area (Å²) in [6, 6.07) is 3.22. The van der Waals surface area contributed by atoms with E-state index in [0.29, 0.717) is 17.6 Å². The van der Waals surface area contributed by atoms with E-state index in [2.05, 4.69) is 36.6 Å². The highest BCUT2D eigenvalue weighted by Crippen LogP contribution is 2.31. The first-order valence-corrected chi connectivity index (χ1v) is 9.18. The number of rotatable bonds is 8. The minimum absolute atomic E-state index is 0.0811. The summed E-state index contributed by atoms with van der Waals surface area (Å²) < 4.78 is 33.1. The zero-order valence-corrected chi connectivity index (χ0v) is 15.1. The molecule has 0 aliphatic rings. The van der Waals surface area contributed by atoms with E-state index in [4.69, 9.17) is 10.5 Å². The number of hydrogen-bond acceptors (Lipinski definition) is 4. The van der Waals surface area contributed by atoms with Crippen LogP contribution in [0.4, 0.5) is 5.69 Å². The summed E-state index contributed by atoms with van der Waals surface area (Å²) in [5, 5.41) is 0. The Bertz CT molecular complexity index is 527. The van der Waals surface area contributed by atoms with Gasteiger partial charge in [0.05, 0.1) is 5.69 Å². The summed E-state index contributed by atoms with van der Waals surface area (Å²) in [5.74, 6) is 0. The van der Waals surface area contributed by atoms with Crippen molar-refractivity contribution in [3.05, 3.63) is 21.1 Å². The summed E-state index contributed by atoms with van der Waals surface area (Å²) >= 11 is 6.50. The van der Waals surface area contributed by atoms with Gasteiger partial charge in [0.15, 0.2) is 0 Å². The zero-order valence-electron chi connectivity index (χ0n) is 11.2. The van der Waals surface area contributed by atoms with Gasteiger partial charge < -0.3 is 10.5 Å². The van der Waals surface area contributed by atoms with Crippen molar-refractivity contribution in [1.29, 1.82) is 0 Å². The molecule has 8 heteroatoms. The van der Waals surface area contributed by atoms with Gasteiger partial charge in [0.2, 0.25) is 10.0 Å². The molecule has 0 aromatic heterocycles. The molecular weight excluding hydrogens is 412 g/mol. The van der Waals surface area contributed by atoms with E-state index in [-0.39, 0.29) is 10.6 Å². The number of sulfonamides is 1. The molecular formula is C12H18Br2N2O3S. The normalized spacial score (nSPS) is 11.8. The van der Waals surface area contributed by atoms with Crippen LogP contribution in [0.25, 0.3) is 0 Å². The second kappa shape index (κ2) is 8.33. The third-order valence-electron chi connectivity index (χ3n) is 2.62. The fourth-order valence-corrected chi connectivity index (χ4v) is 4.83. The summed E-state index contributed by atoms with van der Waals surface area (Å²) in [6.07, 6.45) is 2.59. The van der Waals surface area contributed by atoms with Crippen LogP contribution in [0, 0.1) is 0 Å². The Labute approximate surface area is 136 Å². The van der Waals surface area contributed by atoms with Crippen molar-refractivity contribution >= 4 is 47.6 Å². The van der Waals surface area contributed by atoms with E-state index in [1.807, 2.05) is 0 Å². The lowest BCUT2D eigenvalue weighted by molar-refractivity contribution is 0.192. The summed E-state index contributed by atoms with van der Waals surface area (Å²) in [7, 11) is -1.96.